The monoisotopic (exact) mass is 537 g/mol. The van der Waals surface area contributed by atoms with Gasteiger partial charge in [-0.05, 0) is 35.7 Å². The molecule has 166 valence electrons. The average molecular weight is 537 g/mol. The van der Waals surface area contributed by atoms with Gasteiger partial charge < -0.3 is 20.1 Å². The second-order valence-corrected chi connectivity index (χ2v) is 6.35. The summed E-state index contributed by atoms with van der Waals surface area (Å²) in [5.74, 6) is 0.836. The summed E-state index contributed by atoms with van der Waals surface area (Å²) in [5, 5.41) is 6.44. The molecule has 0 spiro atoms. The lowest BCUT2D eigenvalue weighted by Crippen LogP contribution is -2.36. The molecule has 0 fully saturated rings. The van der Waals surface area contributed by atoms with Crippen LogP contribution in [0.2, 0.25) is 0 Å². The van der Waals surface area contributed by atoms with Gasteiger partial charge in [-0.1, -0.05) is 36.4 Å². The first-order valence-electron chi connectivity index (χ1n) is 9.27. The zero-order valence-electron chi connectivity index (χ0n) is 17.0. The van der Waals surface area contributed by atoms with Crippen LogP contribution in [0.3, 0.4) is 0 Å². The fourth-order valence-corrected chi connectivity index (χ4v) is 2.47. The number of aliphatic imine (C=N–C) groups is 1. The standard InChI is InChI=1S/C21H26F3N3O2.HI/c1-3-25-20(26-12-16-4-6-18(7-5-16)14-28-2)27-13-17-8-10-19(11-9-17)29-15-21(22,23)24;/h4-11H,3,12-15H2,1-2H3,(H2,25,26,27);1H. The van der Waals surface area contributed by atoms with Crippen molar-refractivity contribution >= 4 is 29.9 Å². The average Bonchev–Trinajstić information content (AvgIpc) is 2.70. The van der Waals surface area contributed by atoms with Crippen LogP contribution in [0, 0.1) is 0 Å². The van der Waals surface area contributed by atoms with Crippen LogP contribution in [0.25, 0.3) is 0 Å². The third-order valence-electron chi connectivity index (χ3n) is 3.88. The Morgan fingerprint density at radius 3 is 2.10 bits per heavy atom. The van der Waals surface area contributed by atoms with Crippen molar-refractivity contribution in [3.8, 4) is 5.75 Å². The molecule has 0 unspecified atom stereocenters. The quantitative estimate of drug-likeness (QED) is 0.278. The van der Waals surface area contributed by atoms with Gasteiger partial charge in [-0.2, -0.15) is 13.2 Å². The third-order valence-corrected chi connectivity index (χ3v) is 3.88. The fraction of sp³-hybridized carbons (Fsp3) is 0.381. The van der Waals surface area contributed by atoms with Gasteiger partial charge in [-0.25, -0.2) is 4.99 Å². The summed E-state index contributed by atoms with van der Waals surface area (Å²) >= 11 is 0. The molecule has 30 heavy (non-hydrogen) atoms. The molecule has 0 radical (unpaired) electrons. The summed E-state index contributed by atoms with van der Waals surface area (Å²) in [6, 6.07) is 14.5. The molecule has 9 heteroatoms. The van der Waals surface area contributed by atoms with Gasteiger partial charge in [-0.15, -0.1) is 24.0 Å². The van der Waals surface area contributed by atoms with Crippen molar-refractivity contribution in [2.24, 2.45) is 4.99 Å². The fourth-order valence-electron chi connectivity index (χ4n) is 2.47. The van der Waals surface area contributed by atoms with Gasteiger partial charge in [0.1, 0.15) is 5.75 Å². The lowest BCUT2D eigenvalue weighted by Gasteiger charge is -2.12. The number of rotatable bonds is 9. The van der Waals surface area contributed by atoms with E-state index < -0.39 is 12.8 Å². The number of ether oxygens (including phenoxy) is 2. The number of methoxy groups -OCH3 is 1. The van der Waals surface area contributed by atoms with E-state index in [4.69, 9.17) is 9.47 Å². The van der Waals surface area contributed by atoms with Crippen molar-refractivity contribution in [1.29, 1.82) is 0 Å². The number of hydrogen-bond acceptors (Lipinski definition) is 3. The number of nitrogens with one attached hydrogen (secondary N) is 2. The molecule has 0 aliphatic carbocycles. The molecule has 0 aliphatic rings. The molecule has 0 atom stereocenters. The van der Waals surface area contributed by atoms with Crippen molar-refractivity contribution in [3.05, 3.63) is 65.2 Å². The predicted octanol–water partition coefficient (Wildman–Crippen LogP) is 4.65. The van der Waals surface area contributed by atoms with Crippen molar-refractivity contribution in [3.63, 3.8) is 0 Å². The van der Waals surface area contributed by atoms with E-state index in [-0.39, 0.29) is 29.7 Å². The zero-order valence-corrected chi connectivity index (χ0v) is 19.3. The van der Waals surface area contributed by atoms with Crippen molar-refractivity contribution < 1.29 is 22.6 Å². The molecule has 5 nitrogen and oxygen atoms in total. The number of halogens is 4. The number of benzene rings is 2. The molecular formula is C21H27F3IN3O2. The van der Waals surface area contributed by atoms with Gasteiger partial charge >= 0.3 is 6.18 Å². The second kappa shape index (κ2) is 13.3. The molecule has 2 aromatic carbocycles. The number of guanidine groups is 1. The minimum atomic E-state index is -4.35. The molecule has 0 amide bonds. The SMILES string of the molecule is CCNC(=NCc1ccc(OCC(F)(F)F)cc1)NCc1ccc(COC)cc1.I. The Labute approximate surface area is 192 Å². The highest BCUT2D eigenvalue weighted by atomic mass is 127. The topological polar surface area (TPSA) is 54.9 Å². The molecule has 0 aromatic heterocycles. The number of hydrogen-bond donors (Lipinski definition) is 2. The molecule has 0 heterocycles. The van der Waals surface area contributed by atoms with Gasteiger partial charge in [0.25, 0.3) is 0 Å². The molecule has 2 N–H and O–H groups in total. The first-order valence-corrected chi connectivity index (χ1v) is 9.27. The first kappa shape index (κ1) is 26.0. The number of alkyl halides is 3. The van der Waals surface area contributed by atoms with Crippen LogP contribution >= 0.6 is 24.0 Å². The number of nitrogens with zero attached hydrogens (tertiary/aromatic N) is 1. The van der Waals surface area contributed by atoms with E-state index in [0.29, 0.717) is 32.2 Å². The summed E-state index contributed by atoms with van der Waals surface area (Å²) in [4.78, 5) is 4.51. The van der Waals surface area contributed by atoms with Crippen molar-refractivity contribution in [2.45, 2.75) is 32.8 Å². The van der Waals surface area contributed by atoms with Crippen LogP contribution in [-0.2, 0) is 24.4 Å². The van der Waals surface area contributed by atoms with Gasteiger partial charge in [0.2, 0.25) is 0 Å². The normalized spacial score (nSPS) is 11.6. The van der Waals surface area contributed by atoms with Crippen LogP contribution < -0.4 is 15.4 Å². The van der Waals surface area contributed by atoms with Crippen molar-refractivity contribution in [1.82, 2.24) is 10.6 Å². The second-order valence-electron chi connectivity index (χ2n) is 6.35. The van der Waals surface area contributed by atoms with Gasteiger partial charge in [0.05, 0.1) is 13.2 Å². The molecule has 2 rings (SSSR count). The van der Waals surface area contributed by atoms with Crippen LogP contribution in [0.15, 0.2) is 53.5 Å². The summed E-state index contributed by atoms with van der Waals surface area (Å²) in [6.45, 7) is 2.97. The molecule has 2 aromatic rings. The van der Waals surface area contributed by atoms with Gasteiger partial charge in [-0.3, -0.25) is 0 Å². The van der Waals surface area contributed by atoms with E-state index in [1.54, 1.807) is 19.2 Å². The maximum absolute atomic E-state index is 12.2. The Bertz CT molecular complexity index is 767. The summed E-state index contributed by atoms with van der Waals surface area (Å²) in [5.41, 5.74) is 3.09. The largest absolute Gasteiger partial charge is 0.484 e. The third kappa shape index (κ3) is 10.1. The Hall–Kier alpha value is -2.01. The zero-order chi connectivity index (χ0) is 21.1. The summed E-state index contributed by atoms with van der Waals surface area (Å²) in [7, 11) is 1.66. The van der Waals surface area contributed by atoms with E-state index in [2.05, 4.69) is 15.6 Å². The summed E-state index contributed by atoms with van der Waals surface area (Å²) < 4.78 is 46.4. The van der Waals surface area contributed by atoms with Gasteiger partial charge in [0.15, 0.2) is 12.6 Å². The molecule has 0 bridgehead atoms. The van der Waals surface area contributed by atoms with E-state index in [1.165, 1.54) is 12.1 Å². The van der Waals surface area contributed by atoms with Crippen LogP contribution in [-0.4, -0.2) is 32.4 Å². The Balaban J connectivity index is 0.00000450. The van der Waals surface area contributed by atoms with E-state index in [1.807, 2.05) is 31.2 Å². The maximum atomic E-state index is 12.2. The Kier molecular flexibility index (Phi) is 11.6. The highest BCUT2D eigenvalue weighted by Crippen LogP contribution is 2.19. The minimum Gasteiger partial charge on any atom is -0.484 e. The van der Waals surface area contributed by atoms with Crippen LogP contribution in [0.4, 0.5) is 13.2 Å². The minimum absolute atomic E-state index is 0. The highest BCUT2D eigenvalue weighted by molar-refractivity contribution is 14.0. The van der Waals surface area contributed by atoms with E-state index in [0.717, 1.165) is 16.7 Å². The smallest absolute Gasteiger partial charge is 0.422 e. The molecule has 0 saturated carbocycles. The molecule has 0 aliphatic heterocycles. The maximum Gasteiger partial charge on any atom is 0.422 e. The van der Waals surface area contributed by atoms with E-state index >= 15 is 0 Å². The summed E-state index contributed by atoms with van der Waals surface area (Å²) in [6.07, 6.45) is -4.35. The Morgan fingerprint density at radius 2 is 1.53 bits per heavy atom. The predicted molar refractivity (Wildman–Crippen MR) is 122 cm³/mol. The highest BCUT2D eigenvalue weighted by Gasteiger charge is 2.28. The molecular weight excluding hydrogens is 510 g/mol. The molecule has 0 saturated heterocycles. The van der Waals surface area contributed by atoms with Crippen molar-refractivity contribution in [2.75, 3.05) is 20.3 Å². The van der Waals surface area contributed by atoms with Crippen LogP contribution in [0.1, 0.15) is 23.6 Å². The lowest BCUT2D eigenvalue weighted by atomic mass is 10.1. The lowest BCUT2D eigenvalue weighted by molar-refractivity contribution is -0.153. The van der Waals surface area contributed by atoms with E-state index in [9.17, 15) is 13.2 Å². The van der Waals surface area contributed by atoms with Crippen LogP contribution in [0.5, 0.6) is 5.75 Å². The van der Waals surface area contributed by atoms with Gasteiger partial charge in [0, 0.05) is 20.2 Å². The first-order chi connectivity index (χ1) is 13.9. The Morgan fingerprint density at radius 1 is 0.933 bits per heavy atom.